The number of fused-ring (bicyclic) bond motifs is 4. The highest BCUT2D eigenvalue weighted by Gasteiger charge is 2.33. The smallest absolute Gasteiger partial charge is 0.156 e. The largest absolute Gasteiger partial charge is 0.355 e. The summed E-state index contributed by atoms with van der Waals surface area (Å²) >= 11 is 0. The molecular formula is C40H28NSi. The number of hydrogen-bond donors (Lipinski definition) is 1. The summed E-state index contributed by atoms with van der Waals surface area (Å²) in [5.74, 6) is 0. The zero-order valence-corrected chi connectivity index (χ0v) is 24.1. The van der Waals surface area contributed by atoms with Crippen LogP contribution in [0, 0.1) is 0 Å². The molecule has 1 aliphatic rings. The lowest BCUT2D eigenvalue weighted by Gasteiger charge is -2.15. The van der Waals surface area contributed by atoms with Gasteiger partial charge < -0.3 is 5.32 Å². The highest BCUT2D eigenvalue weighted by atomic mass is 28.3. The third-order valence-corrected chi connectivity index (χ3v) is 11.2. The zero-order valence-electron chi connectivity index (χ0n) is 23.1. The maximum atomic E-state index is 3.79. The molecule has 1 aliphatic heterocycles. The normalized spacial score (nSPS) is 12.2. The van der Waals surface area contributed by atoms with Gasteiger partial charge in [0.1, 0.15) is 0 Å². The average Bonchev–Trinajstić information content (AvgIpc) is 3.41. The quantitative estimate of drug-likeness (QED) is 0.212. The molecule has 2 heteroatoms. The van der Waals surface area contributed by atoms with Crippen LogP contribution in [0.15, 0.2) is 164 Å². The third kappa shape index (κ3) is 4.16. The van der Waals surface area contributed by atoms with E-state index in [1.807, 2.05) is 0 Å². The Morgan fingerprint density at radius 2 is 0.976 bits per heavy atom. The molecule has 1 heterocycles. The van der Waals surface area contributed by atoms with Crippen LogP contribution in [0.25, 0.3) is 44.2 Å². The first-order chi connectivity index (χ1) is 20.8. The molecule has 8 rings (SSSR count). The second-order valence-corrected chi connectivity index (χ2v) is 13.2. The molecule has 0 fully saturated rings. The van der Waals surface area contributed by atoms with Gasteiger partial charge in [-0.3, -0.25) is 0 Å². The second-order valence-electron chi connectivity index (χ2n) is 10.8. The predicted molar refractivity (Wildman–Crippen MR) is 181 cm³/mol. The van der Waals surface area contributed by atoms with Gasteiger partial charge in [-0.15, -0.1) is 0 Å². The zero-order chi connectivity index (χ0) is 27.9. The van der Waals surface area contributed by atoms with Gasteiger partial charge in [-0.25, -0.2) is 0 Å². The van der Waals surface area contributed by atoms with Gasteiger partial charge in [0.05, 0.1) is 0 Å². The van der Waals surface area contributed by atoms with Crippen molar-refractivity contribution in [3.8, 4) is 33.4 Å². The van der Waals surface area contributed by atoms with E-state index < -0.39 is 8.80 Å². The van der Waals surface area contributed by atoms with Gasteiger partial charge >= 0.3 is 0 Å². The maximum absolute atomic E-state index is 3.79. The predicted octanol–water partition coefficient (Wildman–Crippen LogP) is 8.41. The molecular weight excluding hydrogens is 523 g/mol. The molecule has 7 aromatic carbocycles. The van der Waals surface area contributed by atoms with Crippen LogP contribution in [0.1, 0.15) is 0 Å². The molecule has 1 nitrogen and oxygen atoms in total. The molecule has 0 spiro atoms. The molecule has 1 N–H and O–H groups in total. The van der Waals surface area contributed by atoms with E-state index in [-0.39, 0.29) is 0 Å². The summed E-state index contributed by atoms with van der Waals surface area (Å²) in [6.45, 7) is 0. The molecule has 0 atom stereocenters. The molecule has 0 saturated carbocycles. The Morgan fingerprint density at radius 3 is 1.71 bits per heavy atom. The Morgan fingerprint density at radius 1 is 0.405 bits per heavy atom. The summed E-state index contributed by atoms with van der Waals surface area (Å²) in [4.78, 5) is 0. The van der Waals surface area contributed by atoms with Crippen molar-refractivity contribution >= 4 is 46.5 Å². The lowest BCUT2D eigenvalue weighted by Crippen LogP contribution is -2.48. The van der Waals surface area contributed by atoms with Crippen LogP contribution in [-0.2, 0) is 0 Å². The lowest BCUT2D eigenvalue weighted by molar-refractivity contribution is 1.55. The fourth-order valence-corrected chi connectivity index (χ4v) is 9.42. The van der Waals surface area contributed by atoms with Crippen LogP contribution in [0.3, 0.4) is 0 Å². The van der Waals surface area contributed by atoms with Crippen molar-refractivity contribution in [1.82, 2.24) is 0 Å². The van der Waals surface area contributed by atoms with Crippen molar-refractivity contribution in [3.63, 3.8) is 0 Å². The summed E-state index contributed by atoms with van der Waals surface area (Å²) in [6, 6.07) is 59.5. The first-order valence-corrected chi connectivity index (χ1v) is 16.0. The lowest BCUT2D eigenvalue weighted by atomic mass is 9.91. The fourth-order valence-electron chi connectivity index (χ4n) is 6.46. The van der Waals surface area contributed by atoms with Gasteiger partial charge in [-0.05, 0) is 67.2 Å². The van der Waals surface area contributed by atoms with Crippen molar-refractivity contribution in [2.24, 2.45) is 0 Å². The molecule has 0 aliphatic carbocycles. The number of nitrogens with one attached hydrogen (secondary N) is 1. The molecule has 1 radical (unpaired) electrons. The summed E-state index contributed by atoms with van der Waals surface area (Å²) < 4.78 is 0. The highest BCUT2D eigenvalue weighted by Crippen LogP contribution is 2.37. The van der Waals surface area contributed by atoms with Gasteiger partial charge in [0.2, 0.25) is 0 Å². The highest BCUT2D eigenvalue weighted by molar-refractivity contribution is 6.99. The summed E-state index contributed by atoms with van der Waals surface area (Å²) in [6.07, 6.45) is 0. The second kappa shape index (κ2) is 10.3. The van der Waals surface area contributed by atoms with E-state index in [9.17, 15) is 0 Å². The first kappa shape index (κ1) is 24.6. The molecule has 42 heavy (non-hydrogen) atoms. The SMILES string of the molecule is c1ccc(-c2cccc3cccc(-c4ccc(Nc5cccc6c5-c5ccccc5[Si]6c5ccccc5)cc4)c23)cc1. The Balaban J connectivity index is 1.18. The standard InChI is InChI=1S/C40H28NSi/c1-3-12-28(13-4-1)33-19-9-14-30-15-10-20-34(39(30)33)29-24-26-31(27-25-29)41-36-21-11-23-38-40(36)35-18-7-8-22-37(35)42(38)32-16-5-2-6-17-32/h1-27,41H. The van der Waals surface area contributed by atoms with E-state index in [0.29, 0.717) is 0 Å². The number of benzene rings is 7. The van der Waals surface area contributed by atoms with Crippen LogP contribution in [0.4, 0.5) is 11.4 Å². The van der Waals surface area contributed by atoms with Gasteiger partial charge in [-0.2, -0.15) is 0 Å². The summed E-state index contributed by atoms with van der Waals surface area (Å²) in [7, 11) is -1.05. The third-order valence-electron chi connectivity index (χ3n) is 8.33. The van der Waals surface area contributed by atoms with Crippen LogP contribution in [-0.4, -0.2) is 8.80 Å². The summed E-state index contributed by atoms with van der Waals surface area (Å²) in [5, 5.41) is 10.7. The maximum Gasteiger partial charge on any atom is 0.156 e. The van der Waals surface area contributed by atoms with Crippen molar-refractivity contribution in [3.05, 3.63) is 164 Å². The van der Waals surface area contributed by atoms with Gasteiger partial charge in [0.25, 0.3) is 0 Å². The van der Waals surface area contributed by atoms with Crippen LogP contribution in [0.5, 0.6) is 0 Å². The van der Waals surface area contributed by atoms with Crippen molar-refractivity contribution in [1.29, 1.82) is 0 Å². The Kier molecular flexibility index (Phi) is 6.05. The molecule has 197 valence electrons. The van der Waals surface area contributed by atoms with E-state index in [1.165, 1.54) is 65.4 Å². The molecule has 0 aromatic heterocycles. The number of anilines is 2. The van der Waals surface area contributed by atoms with Crippen LogP contribution >= 0.6 is 0 Å². The van der Waals surface area contributed by atoms with Crippen molar-refractivity contribution < 1.29 is 0 Å². The van der Waals surface area contributed by atoms with E-state index in [0.717, 1.165) is 5.69 Å². The molecule has 7 aromatic rings. The van der Waals surface area contributed by atoms with Crippen molar-refractivity contribution in [2.45, 2.75) is 0 Å². The molecule has 0 saturated heterocycles. The van der Waals surface area contributed by atoms with Gasteiger partial charge in [-0.1, -0.05) is 151 Å². The summed E-state index contributed by atoms with van der Waals surface area (Å²) in [5.41, 5.74) is 9.93. The van der Waals surface area contributed by atoms with E-state index in [4.69, 9.17) is 0 Å². The minimum Gasteiger partial charge on any atom is -0.355 e. The molecule has 0 amide bonds. The average molecular weight is 551 g/mol. The number of hydrogen-bond acceptors (Lipinski definition) is 1. The van der Waals surface area contributed by atoms with Crippen LogP contribution < -0.4 is 20.9 Å². The fraction of sp³-hybridized carbons (Fsp3) is 0. The monoisotopic (exact) mass is 550 g/mol. The minimum absolute atomic E-state index is 1.05. The van der Waals surface area contributed by atoms with E-state index >= 15 is 0 Å². The Hall–Kier alpha value is -5.18. The van der Waals surface area contributed by atoms with E-state index in [2.05, 4.69) is 169 Å². The Bertz CT molecular complexity index is 2040. The molecule has 0 bridgehead atoms. The van der Waals surface area contributed by atoms with E-state index in [1.54, 1.807) is 0 Å². The van der Waals surface area contributed by atoms with Crippen LogP contribution in [0.2, 0.25) is 0 Å². The Labute approximate surface area is 248 Å². The molecule has 0 unspecified atom stereocenters. The number of rotatable bonds is 5. The minimum atomic E-state index is -1.05. The van der Waals surface area contributed by atoms with Gasteiger partial charge in [0, 0.05) is 16.9 Å². The first-order valence-electron chi connectivity index (χ1n) is 14.5. The van der Waals surface area contributed by atoms with Crippen molar-refractivity contribution in [2.75, 3.05) is 5.32 Å². The van der Waals surface area contributed by atoms with Gasteiger partial charge in [0.15, 0.2) is 8.80 Å². The topological polar surface area (TPSA) is 12.0 Å².